The lowest BCUT2D eigenvalue weighted by Crippen LogP contribution is -2.30. The van der Waals surface area contributed by atoms with Gasteiger partial charge in [-0.1, -0.05) is 0 Å². The third-order valence-corrected chi connectivity index (χ3v) is 5.75. The lowest BCUT2D eigenvalue weighted by Gasteiger charge is -2.16. The molecule has 0 saturated carbocycles. The van der Waals surface area contributed by atoms with Crippen molar-refractivity contribution in [2.75, 3.05) is 13.1 Å². The molecule has 3 heterocycles. The second-order valence-electron chi connectivity index (χ2n) is 5.62. The van der Waals surface area contributed by atoms with Gasteiger partial charge in [0.25, 0.3) is 5.91 Å². The van der Waals surface area contributed by atoms with Gasteiger partial charge in [-0.3, -0.25) is 9.78 Å². The van der Waals surface area contributed by atoms with Crippen molar-refractivity contribution < 1.29 is 17.9 Å². The SMILES string of the molecule is Cn1cc(S(=O)(=O)N2CC[C@H](Oc3cccnc3)C2)cc1C(N)=O. The van der Waals surface area contributed by atoms with Crippen molar-refractivity contribution in [3.05, 3.63) is 42.5 Å². The first-order valence-corrected chi connectivity index (χ1v) is 8.85. The van der Waals surface area contributed by atoms with Crippen LogP contribution in [0.2, 0.25) is 0 Å². The summed E-state index contributed by atoms with van der Waals surface area (Å²) in [6.07, 6.45) is 4.98. The molecule has 2 N–H and O–H groups in total. The molecule has 8 nitrogen and oxygen atoms in total. The van der Waals surface area contributed by atoms with Gasteiger partial charge in [0.15, 0.2) is 0 Å². The molecule has 0 spiro atoms. The maximum absolute atomic E-state index is 12.7. The predicted molar refractivity (Wildman–Crippen MR) is 86.0 cm³/mol. The third-order valence-electron chi connectivity index (χ3n) is 3.91. The van der Waals surface area contributed by atoms with E-state index in [1.807, 2.05) is 0 Å². The van der Waals surface area contributed by atoms with E-state index in [4.69, 9.17) is 10.5 Å². The number of primary amides is 1. The maximum atomic E-state index is 12.7. The van der Waals surface area contributed by atoms with Crippen LogP contribution in [-0.4, -0.2) is 47.4 Å². The zero-order valence-electron chi connectivity index (χ0n) is 13.1. The van der Waals surface area contributed by atoms with Gasteiger partial charge >= 0.3 is 0 Å². The molecule has 24 heavy (non-hydrogen) atoms. The van der Waals surface area contributed by atoms with Gasteiger partial charge in [-0.2, -0.15) is 4.31 Å². The highest BCUT2D eigenvalue weighted by Gasteiger charge is 2.34. The van der Waals surface area contributed by atoms with E-state index in [2.05, 4.69) is 4.98 Å². The summed E-state index contributed by atoms with van der Waals surface area (Å²) < 4.78 is 33.9. The van der Waals surface area contributed by atoms with Crippen LogP contribution in [0, 0.1) is 0 Å². The molecule has 128 valence electrons. The van der Waals surface area contributed by atoms with Gasteiger partial charge in [-0.05, 0) is 24.6 Å². The van der Waals surface area contributed by atoms with Gasteiger partial charge in [-0.15, -0.1) is 0 Å². The van der Waals surface area contributed by atoms with E-state index in [-0.39, 0.29) is 23.2 Å². The number of rotatable bonds is 5. The number of nitrogens with two attached hydrogens (primary N) is 1. The number of ether oxygens (including phenoxy) is 1. The number of pyridine rings is 1. The van der Waals surface area contributed by atoms with E-state index in [1.165, 1.54) is 21.1 Å². The number of nitrogens with zero attached hydrogens (tertiary/aromatic N) is 3. The van der Waals surface area contributed by atoms with Gasteiger partial charge in [0.1, 0.15) is 22.4 Å². The van der Waals surface area contributed by atoms with E-state index >= 15 is 0 Å². The summed E-state index contributed by atoms with van der Waals surface area (Å²) in [5, 5.41) is 0. The van der Waals surface area contributed by atoms with Crippen molar-refractivity contribution in [3.8, 4) is 5.75 Å². The molecule has 0 aromatic carbocycles. The van der Waals surface area contributed by atoms with Crippen LogP contribution in [0.3, 0.4) is 0 Å². The number of sulfonamides is 1. The molecule has 1 fully saturated rings. The Balaban J connectivity index is 1.74. The minimum atomic E-state index is -3.69. The fourth-order valence-electron chi connectivity index (χ4n) is 2.69. The van der Waals surface area contributed by atoms with Crippen LogP contribution >= 0.6 is 0 Å². The van der Waals surface area contributed by atoms with Crippen LogP contribution in [0.1, 0.15) is 16.9 Å². The minimum Gasteiger partial charge on any atom is -0.487 e. The van der Waals surface area contributed by atoms with Crippen LogP contribution in [-0.2, 0) is 17.1 Å². The van der Waals surface area contributed by atoms with Gasteiger partial charge < -0.3 is 15.0 Å². The van der Waals surface area contributed by atoms with E-state index in [0.717, 1.165) is 0 Å². The van der Waals surface area contributed by atoms with Crippen molar-refractivity contribution >= 4 is 15.9 Å². The first-order chi connectivity index (χ1) is 11.4. The smallest absolute Gasteiger partial charge is 0.265 e. The van der Waals surface area contributed by atoms with E-state index < -0.39 is 15.9 Å². The van der Waals surface area contributed by atoms with Crippen LogP contribution in [0.25, 0.3) is 0 Å². The summed E-state index contributed by atoms with van der Waals surface area (Å²) in [5.41, 5.74) is 5.39. The summed E-state index contributed by atoms with van der Waals surface area (Å²) >= 11 is 0. The van der Waals surface area contributed by atoms with E-state index in [0.29, 0.717) is 18.7 Å². The van der Waals surface area contributed by atoms with Crippen molar-refractivity contribution in [2.24, 2.45) is 12.8 Å². The number of hydrogen-bond acceptors (Lipinski definition) is 5. The number of hydrogen-bond donors (Lipinski definition) is 1. The second-order valence-corrected chi connectivity index (χ2v) is 7.55. The molecule has 0 unspecified atom stereocenters. The average molecular weight is 350 g/mol. The molecular formula is C15H18N4O4S. The molecule has 0 radical (unpaired) electrons. The third kappa shape index (κ3) is 3.13. The van der Waals surface area contributed by atoms with Gasteiger partial charge in [0.2, 0.25) is 10.0 Å². The Bertz CT molecular complexity index is 848. The zero-order valence-corrected chi connectivity index (χ0v) is 13.9. The molecule has 0 aliphatic carbocycles. The normalized spacial score (nSPS) is 18.6. The Hall–Kier alpha value is -2.39. The topological polar surface area (TPSA) is 108 Å². The van der Waals surface area contributed by atoms with Crippen LogP contribution in [0.4, 0.5) is 0 Å². The van der Waals surface area contributed by atoms with Crippen molar-refractivity contribution in [1.29, 1.82) is 0 Å². The second kappa shape index (κ2) is 6.25. The van der Waals surface area contributed by atoms with Crippen molar-refractivity contribution in [3.63, 3.8) is 0 Å². The summed E-state index contributed by atoms with van der Waals surface area (Å²) in [5.74, 6) is -0.0596. The minimum absolute atomic E-state index is 0.0563. The highest BCUT2D eigenvalue weighted by molar-refractivity contribution is 7.89. The summed E-state index contributed by atoms with van der Waals surface area (Å²) in [6, 6.07) is 4.83. The Labute approximate surface area is 139 Å². The molecule has 1 amide bonds. The van der Waals surface area contributed by atoms with Crippen molar-refractivity contribution in [1.82, 2.24) is 13.9 Å². The van der Waals surface area contributed by atoms with Crippen LogP contribution < -0.4 is 10.5 Å². The Morgan fingerprint density at radius 2 is 2.25 bits per heavy atom. The molecule has 2 aromatic heterocycles. The first kappa shape index (κ1) is 16.5. The fraction of sp³-hybridized carbons (Fsp3) is 0.333. The molecule has 2 aromatic rings. The van der Waals surface area contributed by atoms with Crippen LogP contribution in [0.5, 0.6) is 5.75 Å². The molecule has 9 heteroatoms. The molecular weight excluding hydrogens is 332 g/mol. The number of aromatic nitrogens is 2. The molecule has 0 bridgehead atoms. The maximum Gasteiger partial charge on any atom is 0.265 e. The predicted octanol–water partition coefficient (Wildman–Crippen LogP) is 0.361. The number of amides is 1. The lowest BCUT2D eigenvalue weighted by atomic mass is 10.3. The summed E-state index contributed by atoms with van der Waals surface area (Å²) in [4.78, 5) is 15.3. The fourth-order valence-corrected chi connectivity index (χ4v) is 4.25. The number of carbonyl (C=O) groups excluding carboxylic acids is 1. The highest BCUT2D eigenvalue weighted by atomic mass is 32.2. The molecule has 1 aliphatic heterocycles. The first-order valence-electron chi connectivity index (χ1n) is 7.41. The van der Waals surface area contributed by atoms with Gasteiger partial charge in [0, 0.05) is 26.0 Å². The molecule has 3 rings (SSSR count). The summed E-state index contributed by atoms with van der Waals surface area (Å²) in [6.45, 7) is 0.603. The Kier molecular flexibility index (Phi) is 4.29. The quantitative estimate of drug-likeness (QED) is 0.838. The number of aryl methyl sites for hydroxylation is 1. The Morgan fingerprint density at radius 1 is 1.46 bits per heavy atom. The van der Waals surface area contributed by atoms with E-state index in [1.54, 1.807) is 31.6 Å². The molecule has 1 aliphatic rings. The van der Waals surface area contributed by atoms with Gasteiger partial charge in [-0.25, -0.2) is 8.42 Å². The molecule has 1 saturated heterocycles. The lowest BCUT2D eigenvalue weighted by molar-refractivity contribution is 0.0992. The van der Waals surface area contributed by atoms with Crippen LogP contribution in [0.15, 0.2) is 41.7 Å². The summed E-state index contributed by atoms with van der Waals surface area (Å²) in [7, 11) is -2.11. The highest BCUT2D eigenvalue weighted by Crippen LogP contribution is 2.25. The monoisotopic (exact) mass is 350 g/mol. The van der Waals surface area contributed by atoms with E-state index in [9.17, 15) is 13.2 Å². The average Bonchev–Trinajstić information content (AvgIpc) is 3.15. The Morgan fingerprint density at radius 3 is 2.88 bits per heavy atom. The van der Waals surface area contributed by atoms with Crippen molar-refractivity contribution in [2.45, 2.75) is 17.4 Å². The largest absolute Gasteiger partial charge is 0.487 e. The zero-order chi connectivity index (χ0) is 17.3. The number of carbonyl (C=O) groups is 1. The standard InChI is InChI=1S/C15H18N4O4S/c1-18-10-13(7-14(18)15(16)20)24(21,22)19-6-4-12(9-19)23-11-3-2-5-17-8-11/h2-3,5,7-8,10,12H,4,6,9H2,1H3,(H2,16,20)/t12-/m0/s1. The molecule has 1 atom stereocenters. The van der Waals surface area contributed by atoms with Gasteiger partial charge in [0.05, 0.1) is 12.7 Å².